The van der Waals surface area contributed by atoms with E-state index in [1.165, 1.54) is 6.20 Å². The molecule has 0 spiro atoms. The predicted molar refractivity (Wildman–Crippen MR) is 87.7 cm³/mol. The number of thiazole rings is 1. The van der Waals surface area contributed by atoms with Crippen molar-refractivity contribution in [1.29, 1.82) is 0 Å². The number of thiocarbonyl (C=S) groups is 1. The van der Waals surface area contributed by atoms with E-state index in [-0.39, 0.29) is 9.20 Å². The maximum Gasteiger partial charge on any atom is 0.273 e. The molecule has 0 aliphatic carbocycles. The highest BCUT2D eigenvalue weighted by Crippen LogP contribution is 2.27. The van der Waals surface area contributed by atoms with Gasteiger partial charge in [0.05, 0.1) is 16.9 Å². The molecular formula is C11H10BrN3O2S3. The van der Waals surface area contributed by atoms with E-state index >= 15 is 0 Å². The van der Waals surface area contributed by atoms with Crippen LogP contribution in [-0.2, 0) is 10.0 Å². The van der Waals surface area contributed by atoms with Crippen LogP contribution in [-0.4, -0.2) is 18.4 Å². The molecule has 0 saturated heterocycles. The molecule has 0 radical (unpaired) electrons. The lowest BCUT2D eigenvalue weighted by molar-refractivity contribution is 0.603. The summed E-state index contributed by atoms with van der Waals surface area (Å²) in [6.07, 6.45) is 1.33. The van der Waals surface area contributed by atoms with E-state index in [1.807, 2.05) is 0 Å². The third-order valence-corrected chi connectivity index (χ3v) is 5.99. The van der Waals surface area contributed by atoms with Gasteiger partial charge in [0, 0.05) is 10.0 Å². The van der Waals surface area contributed by atoms with Crippen LogP contribution in [0.2, 0.25) is 0 Å². The number of nitrogens with zero attached hydrogens (tertiary/aromatic N) is 1. The third kappa shape index (κ3) is 3.35. The topological polar surface area (TPSA) is 85.1 Å². The van der Waals surface area contributed by atoms with Crippen LogP contribution in [0.25, 0.3) is 0 Å². The quantitative estimate of drug-likeness (QED) is 0.782. The zero-order valence-corrected chi connectivity index (χ0v) is 14.3. The Balaban J connectivity index is 2.32. The molecule has 20 heavy (non-hydrogen) atoms. The maximum atomic E-state index is 12.2. The number of aromatic nitrogens is 1. The van der Waals surface area contributed by atoms with Crippen molar-refractivity contribution in [2.45, 2.75) is 11.1 Å². The molecule has 2 rings (SSSR count). The molecule has 0 aliphatic rings. The normalized spacial score (nSPS) is 11.3. The second-order valence-corrected chi connectivity index (χ2v) is 8.30. The van der Waals surface area contributed by atoms with Gasteiger partial charge >= 0.3 is 0 Å². The zero-order valence-electron chi connectivity index (χ0n) is 10.3. The number of hydrogen-bond donors (Lipinski definition) is 2. The van der Waals surface area contributed by atoms with E-state index in [9.17, 15) is 8.42 Å². The monoisotopic (exact) mass is 391 g/mol. The van der Waals surface area contributed by atoms with Gasteiger partial charge in [-0.3, -0.25) is 4.72 Å². The summed E-state index contributed by atoms with van der Waals surface area (Å²) >= 11 is 9.27. The first-order valence-corrected chi connectivity index (χ1v) is 8.84. The number of rotatable bonds is 4. The molecule has 0 atom stereocenters. The summed E-state index contributed by atoms with van der Waals surface area (Å²) in [5.74, 6) is 0. The van der Waals surface area contributed by atoms with Crippen LogP contribution in [0.15, 0.2) is 33.1 Å². The summed E-state index contributed by atoms with van der Waals surface area (Å²) in [6.45, 7) is 1.75. The SMILES string of the molecule is Cc1ncc(S(=O)(=O)Nc2ccc(C(N)=S)cc2Br)s1. The molecule has 0 bridgehead atoms. The Bertz CT molecular complexity index is 771. The number of benzene rings is 1. The summed E-state index contributed by atoms with van der Waals surface area (Å²) in [7, 11) is -3.64. The molecule has 0 saturated carbocycles. The van der Waals surface area contributed by atoms with Gasteiger partial charge in [-0.25, -0.2) is 13.4 Å². The van der Waals surface area contributed by atoms with Crippen LogP contribution in [0.1, 0.15) is 10.6 Å². The fourth-order valence-corrected chi connectivity index (χ4v) is 4.34. The van der Waals surface area contributed by atoms with Crippen LogP contribution < -0.4 is 10.5 Å². The van der Waals surface area contributed by atoms with Crippen LogP contribution >= 0.6 is 39.5 Å². The van der Waals surface area contributed by atoms with Gasteiger partial charge < -0.3 is 5.73 Å². The van der Waals surface area contributed by atoms with Gasteiger partial charge in [0.1, 0.15) is 4.99 Å². The molecule has 1 aromatic carbocycles. The average molecular weight is 392 g/mol. The largest absolute Gasteiger partial charge is 0.389 e. The average Bonchev–Trinajstić information content (AvgIpc) is 2.79. The number of anilines is 1. The smallest absolute Gasteiger partial charge is 0.273 e. The van der Waals surface area contributed by atoms with Crippen LogP contribution in [0.3, 0.4) is 0 Å². The molecule has 0 fully saturated rings. The van der Waals surface area contributed by atoms with Crippen molar-refractivity contribution >= 4 is 60.2 Å². The van der Waals surface area contributed by atoms with E-state index < -0.39 is 10.0 Å². The minimum Gasteiger partial charge on any atom is -0.389 e. The van der Waals surface area contributed by atoms with E-state index in [0.717, 1.165) is 11.3 Å². The third-order valence-electron chi connectivity index (χ3n) is 2.36. The van der Waals surface area contributed by atoms with Crippen LogP contribution in [0.5, 0.6) is 0 Å². The summed E-state index contributed by atoms with van der Waals surface area (Å²) in [4.78, 5) is 4.19. The van der Waals surface area contributed by atoms with Crippen molar-refractivity contribution in [1.82, 2.24) is 4.98 Å². The van der Waals surface area contributed by atoms with Gasteiger partial charge in [0.25, 0.3) is 10.0 Å². The Hall–Kier alpha value is -1.03. The zero-order chi connectivity index (χ0) is 14.9. The minimum absolute atomic E-state index is 0.167. The summed E-state index contributed by atoms with van der Waals surface area (Å²) in [5.41, 5.74) is 6.59. The Morgan fingerprint density at radius 2 is 2.20 bits per heavy atom. The molecule has 0 aliphatic heterocycles. The van der Waals surface area contributed by atoms with Crippen molar-refractivity contribution in [3.05, 3.63) is 39.4 Å². The number of aryl methyl sites for hydroxylation is 1. The Morgan fingerprint density at radius 1 is 1.50 bits per heavy atom. The highest BCUT2D eigenvalue weighted by Gasteiger charge is 2.18. The second kappa shape index (κ2) is 5.76. The van der Waals surface area contributed by atoms with Crippen molar-refractivity contribution in [3.8, 4) is 0 Å². The lowest BCUT2D eigenvalue weighted by Crippen LogP contribution is -2.13. The highest BCUT2D eigenvalue weighted by molar-refractivity contribution is 9.10. The van der Waals surface area contributed by atoms with Crippen molar-refractivity contribution in [2.75, 3.05) is 4.72 Å². The van der Waals surface area contributed by atoms with Crippen LogP contribution in [0.4, 0.5) is 5.69 Å². The van der Waals surface area contributed by atoms with Gasteiger partial charge in [-0.15, -0.1) is 11.3 Å². The molecule has 9 heteroatoms. The van der Waals surface area contributed by atoms with Gasteiger partial charge in [-0.1, -0.05) is 12.2 Å². The molecule has 0 unspecified atom stereocenters. The van der Waals surface area contributed by atoms with Crippen molar-refractivity contribution in [3.63, 3.8) is 0 Å². The number of sulfonamides is 1. The number of nitrogens with two attached hydrogens (primary N) is 1. The first-order chi connectivity index (χ1) is 9.29. The first kappa shape index (κ1) is 15.4. The summed E-state index contributed by atoms with van der Waals surface area (Å²) in [6, 6.07) is 4.92. The predicted octanol–water partition coefficient (Wildman–Crippen LogP) is 2.65. The molecule has 5 nitrogen and oxygen atoms in total. The molecule has 0 amide bonds. The Labute approximate surface area is 134 Å². The molecule has 1 aromatic heterocycles. The number of hydrogen-bond acceptors (Lipinski definition) is 5. The van der Waals surface area contributed by atoms with Crippen LogP contribution in [0, 0.1) is 6.92 Å². The molecule has 1 heterocycles. The van der Waals surface area contributed by atoms with Gasteiger partial charge in [-0.05, 0) is 41.1 Å². The number of halogens is 1. The van der Waals surface area contributed by atoms with E-state index in [1.54, 1.807) is 25.1 Å². The maximum absolute atomic E-state index is 12.2. The van der Waals surface area contributed by atoms with E-state index in [0.29, 0.717) is 20.7 Å². The minimum atomic E-state index is -3.64. The lowest BCUT2D eigenvalue weighted by atomic mass is 10.2. The number of nitrogens with one attached hydrogen (secondary N) is 1. The standard InChI is InChI=1S/C11H10BrN3O2S3/c1-6-14-5-10(19-6)20(16,17)15-9-3-2-7(11(13)18)4-8(9)12/h2-5,15H,1H3,(H2,13,18). The molecular weight excluding hydrogens is 382 g/mol. The molecule has 2 aromatic rings. The fraction of sp³-hybridized carbons (Fsp3) is 0.0909. The van der Waals surface area contributed by atoms with E-state index in [4.69, 9.17) is 18.0 Å². The molecule has 106 valence electrons. The van der Waals surface area contributed by atoms with Gasteiger partial charge in [0.15, 0.2) is 4.21 Å². The molecule has 3 N–H and O–H groups in total. The summed E-state index contributed by atoms with van der Waals surface area (Å²) < 4.78 is 27.6. The fourth-order valence-electron chi connectivity index (χ4n) is 1.41. The first-order valence-electron chi connectivity index (χ1n) is 5.34. The van der Waals surface area contributed by atoms with Gasteiger partial charge in [0.2, 0.25) is 0 Å². The van der Waals surface area contributed by atoms with Gasteiger partial charge in [-0.2, -0.15) is 0 Å². The second-order valence-electron chi connectivity index (χ2n) is 3.86. The van der Waals surface area contributed by atoms with Crippen molar-refractivity contribution < 1.29 is 8.42 Å². The van der Waals surface area contributed by atoms with E-state index in [2.05, 4.69) is 25.6 Å². The van der Waals surface area contributed by atoms with Crippen molar-refractivity contribution in [2.24, 2.45) is 5.73 Å². The lowest BCUT2D eigenvalue weighted by Gasteiger charge is -2.09. The Morgan fingerprint density at radius 3 is 2.70 bits per heavy atom. The Kier molecular flexibility index (Phi) is 4.43. The summed E-state index contributed by atoms with van der Waals surface area (Å²) in [5, 5.41) is 0.688. The highest BCUT2D eigenvalue weighted by atomic mass is 79.9.